The van der Waals surface area contributed by atoms with Crippen molar-refractivity contribution in [1.29, 1.82) is 0 Å². The van der Waals surface area contributed by atoms with Gasteiger partial charge in [-0.15, -0.1) is 5.10 Å². The third-order valence-electron chi connectivity index (χ3n) is 4.20. The molecule has 1 heterocycles. The van der Waals surface area contributed by atoms with Gasteiger partial charge in [0.15, 0.2) is 11.5 Å². The molecule has 1 aromatic heterocycles. The molecular weight excluding hydrogens is 506 g/mol. The molecule has 0 saturated heterocycles. The number of nitrogens with zero attached hydrogens (tertiary/aromatic N) is 3. The molecule has 0 atom stereocenters. The molecule has 0 aliphatic carbocycles. The van der Waals surface area contributed by atoms with Gasteiger partial charge in [-0.2, -0.15) is 5.10 Å². The van der Waals surface area contributed by atoms with E-state index in [0.29, 0.717) is 32.5 Å². The summed E-state index contributed by atoms with van der Waals surface area (Å²) < 4.78 is 7.55. The van der Waals surface area contributed by atoms with Gasteiger partial charge >= 0.3 is 5.16 Å². The normalized spacial score (nSPS) is 11.1. The zero-order valence-corrected chi connectivity index (χ0v) is 19.9. The topological polar surface area (TPSA) is 103 Å². The molecule has 3 rings (SSSR count). The van der Waals surface area contributed by atoms with Gasteiger partial charge in [-0.05, 0) is 76.6 Å². The molecule has 31 heavy (non-hydrogen) atoms. The molecule has 11 heteroatoms. The highest BCUT2D eigenvalue weighted by molar-refractivity contribution is 9.10. The van der Waals surface area contributed by atoms with E-state index in [1.165, 1.54) is 25.1 Å². The number of aromatic nitrogens is 3. The molecule has 0 fully saturated rings. The number of halogens is 2. The fourth-order valence-electron chi connectivity index (χ4n) is 2.71. The lowest BCUT2D eigenvalue weighted by atomic mass is 10.2. The summed E-state index contributed by atoms with van der Waals surface area (Å²) in [5.41, 5.74) is 4.09. The number of benzene rings is 2. The van der Waals surface area contributed by atoms with Crippen LogP contribution in [0.3, 0.4) is 0 Å². The summed E-state index contributed by atoms with van der Waals surface area (Å²) in [7, 11) is 1.46. The molecule has 162 valence electrons. The number of carbonyl (C=O) groups is 1. The third kappa shape index (κ3) is 5.78. The minimum absolute atomic E-state index is 0.00119. The number of aromatic hydroxyl groups is 1. The number of aromatic amines is 1. The Kier molecular flexibility index (Phi) is 7.94. The summed E-state index contributed by atoms with van der Waals surface area (Å²) >= 11 is 10.5. The number of thioether (sulfide) groups is 1. The van der Waals surface area contributed by atoms with Crippen molar-refractivity contribution in [3.63, 3.8) is 0 Å². The van der Waals surface area contributed by atoms with Crippen LogP contribution in [0.4, 0.5) is 0 Å². The smallest absolute Gasteiger partial charge is 0.337 e. The predicted molar refractivity (Wildman–Crippen MR) is 124 cm³/mol. The second-order valence-corrected chi connectivity index (χ2v) is 8.47. The van der Waals surface area contributed by atoms with Crippen molar-refractivity contribution in [3.8, 4) is 22.9 Å². The van der Waals surface area contributed by atoms with Crippen molar-refractivity contribution in [2.75, 3.05) is 12.9 Å². The molecule has 0 bridgehead atoms. The van der Waals surface area contributed by atoms with Crippen LogP contribution in [-0.2, 0) is 11.3 Å². The largest absolute Gasteiger partial charge is 0.503 e. The van der Waals surface area contributed by atoms with Crippen LogP contribution >= 0.6 is 39.3 Å². The van der Waals surface area contributed by atoms with Crippen molar-refractivity contribution in [1.82, 2.24) is 15.6 Å². The first-order chi connectivity index (χ1) is 14.9. The van der Waals surface area contributed by atoms with E-state index in [1.807, 2.05) is 35.8 Å². The van der Waals surface area contributed by atoms with Gasteiger partial charge in [-0.1, -0.05) is 11.6 Å². The van der Waals surface area contributed by atoms with Gasteiger partial charge in [0, 0.05) is 5.02 Å². The summed E-state index contributed by atoms with van der Waals surface area (Å²) in [5.74, 6) is 1.01. The lowest BCUT2D eigenvalue weighted by Crippen LogP contribution is -2.36. The molecule has 0 saturated carbocycles. The molecule has 0 aliphatic heterocycles. The number of phenols is 1. The Balaban J connectivity index is 1.61. The van der Waals surface area contributed by atoms with Crippen LogP contribution in [0.5, 0.6) is 11.5 Å². The molecule has 1 amide bonds. The van der Waals surface area contributed by atoms with Crippen molar-refractivity contribution >= 4 is 51.4 Å². The van der Waals surface area contributed by atoms with E-state index in [4.69, 9.17) is 16.3 Å². The van der Waals surface area contributed by atoms with E-state index in [-0.39, 0.29) is 17.4 Å². The quantitative estimate of drug-likeness (QED) is 0.180. The maximum Gasteiger partial charge on any atom is 0.337 e. The predicted octanol–water partition coefficient (Wildman–Crippen LogP) is 3.76. The molecular formula is C20H20BrClN5O3S+. The Labute approximate surface area is 196 Å². The monoisotopic (exact) mass is 524 g/mol. The molecule has 3 aromatic rings. The molecule has 2 aromatic carbocycles. The number of H-pyrrole nitrogens is 1. The molecule has 3 N–H and O–H groups in total. The third-order valence-corrected chi connectivity index (χ3v) is 6.03. The highest BCUT2D eigenvalue weighted by atomic mass is 79.9. The van der Waals surface area contributed by atoms with E-state index in [9.17, 15) is 9.90 Å². The standard InChI is InChI=1S/C20H19BrClN5O3S/c1-3-27-19(13-4-6-14(22)7-5-13)25-26-20(27)31-11-17(28)24-23-10-12-8-15(21)18(29)16(9-12)30-2/h4-10H,3,11H2,1-2H3,(H2,23,24,28,29)/p+1. The molecule has 0 unspecified atom stereocenters. The van der Waals surface area contributed by atoms with E-state index < -0.39 is 0 Å². The van der Waals surface area contributed by atoms with Crippen molar-refractivity contribution in [2.45, 2.75) is 18.6 Å². The number of methoxy groups -OCH3 is 1. The summed E-state index contributed by atoms with van der Waals surface area (Å²) in [4.78, 5) is 12.2. The Morgan fingerprint density at radius 2 is 2.16 bits per heavy atom. The van der Waals surface area contributed by atoms with Crippen molar-refractivity contribution < 1.29 is 19.2 Å². The number of carbonyl (C=O) groups excluding carboxylic acids is 1. The lowest BCUT2D eigenvalue weighted by molar-refractivity contribution is -0.719. The van der Waals surface area contributed by atoms with Crippen LogP contribution in [0.25, 0.3) is 11.4 Å². The summed E-state index contributed by atoms with van der Waals surface area (Å²) in [6.45, 7) is 2.70. The van der Waals surface area contributed by atoms with Gasteiger partial charge in [0.05, 0.1) is 40.8 Å². The lowest BCUT2D eigenvalue weighted by Gasteiger charge is -2.06. The van der Waals surface area contributed by atoms with Crippen LogP contribution in [0.2, 0.25) is 5.02 Å². The summed E-state index contributed by atoms with van der Waals surface area (Å²) in [6.07, 6.45) is 1.47. The molecule has 8 nitrogen and oxygen atoms in total. The fourth-order valence-corrected chi connectivity index (χ4v) is 4.11. The number of hydrazone groups is 1. The zero-order chi connectivity index (χ0) is 22.4. The van der Waals surface area contributed by atoms with E-state index in [0.717, 1.165) is 11.4 Å². The number of nitrogens with one attached hydrogen (secondary N) is 2. The van der Waals surface area contributed by atoms with Crippen LogP contribution < -0.4 is 14.7 Å². The average Bonchev–Trinajstić information content (AvgIpc) is 3.18. The first-order valence-corrected chi connectivity index (χ1v) is 11.3. The van der Waals surface area contributed by atoms with Crippen LogP contribution in [0, 0.1) is 0 Å². The molecule has 0 aliphatic rings. The Morgan fingerprint density at radius 3 is 2.84 bits per heavy atom. The second kappa shape index (κ2) is 10.7. The highest BCUT2D eigenvalue weighted by Gasteiger charge is 2.21. The van der Waals surface area contributed by atoms with Crippen LogP contribution in [0.15, 0.2) is 51.1 Å². The number of ether oxygens (including phenoxy) is 1. The minimum Gasteiger partial charge on any atom is -0.503 e. The first-order valence-electron chi connectivity index (χ1n) is 9.18. The number of hydrogen-bond acceptors (Lipinski definition) is 6. The summed E-state index contributed by atoms with van der Waals surface area (Å²) in [6, 6.07) is 10.7. The summed E-state index contributed by atoms with van der Waals surface area (Å²) in [5, 5.41) is 22.5. The van der Waals surface area contributed by atoms with Gasteiger partial charge in [0.25, 0.3) is 11.7 Å². The number of hydrogen-bond donors (Lipinski definition) is 3. The molecule has 0 radical (unpaired) electrons. The van der Waals surface area contributed by atoms with E-state index >= 15 is 0 Å². The number of amides is 1. The fraction of sp³-hybridized carbons (Fsp3) is 0.200. The first kappa shape index (κ1) is 23.1. The maximum atomic E-state index is 12.2. The Hall–Kier alpha value is -2.56. The number of phenolic OH excluding ortho intramolecular Hbond substituents is 1. The SMILES string of the molecule is CC[n+]1c(SCC(=O)N/N=C/c2cc(Br)c(O)c(OC)c2)n[nH]c1-c1ccc(Cl)cc1. The van der Waals surface area contributed by atoms with Gasteiger partial charge in [-0.3, -0.25) is 4.79 Å². The van der Waals surface area contributed by atoms with Crippen molar-refractivity contribution in [2.24, 2.45) is 5.10 Å². The van der Waals surface area contributed by atoms with Gasteiger partial charge in [0.2, 0.25) is 0 Å². The van der Waals surface area contributed by atoms with Gasteiger partial charge in [-0.25, -0.2) is 9.99 Å². The van der Waals surface area contributed by atoms with Crippen molar-refractivity contribution in [3.05, 3.63) is 51.5 Å². The van der Waals surface area contributed by atoms with Crippen LogP contribution in [-0.4, -0.2) is 40.3 Å². The van der Waals surface area contributed by atoms with Gasteiger partial charge in [0.1, 0.15) is 0 Å². The molecule has 0 spiro atoms. The highest BCUT2D eigenvalue weighted by Crippen LogP contribution is 2.34. The Morgan fingerprint density at radius 1 is 1.42 bits per heavy atom. The van der Waals surface area contributed by atoms with E-state index in [2.05, 4.69) is 36.7 Å². The average molecular weight is 526 g/mol. The van der Waals surface area contributed by atoms with Gasteiger partial charge < -0.3 is 9.84 Å². The maximum absolute atomic E-state index is 12.2. The zero-order valence-electron chi connectivity index (χ0n) is 16.7. The Bertz CT molecular complexity index is 1100. The second-order valence-electron chi connectivity index (χ2n) is 6.24. The van der Waals surface area contributed by atoms with E-state index in [1.54, 1.807) is 12.1 Å². The number of rotatable bonds is 8. The minimum atomic E-state index is -0.273. The van der Waals surface area contributed by atoms with Crippen LogP contribution in [0.1, 0.15) is 12.5 Å².